The van der Waals surface area contributed by atoms with E-state index >= 15 is 0 Å². The van der Waals surface area contributed by atoms with Crippen LogP contribution in [0.3, 0.4) is 0 Å². The fourth-order valence-electron chi connectivity index (χ4n) is 2.03. The van der Waals surface area contributed by atoms with Crippen molar-refractivity contribution in [1.29, 1.82) is 0 Å². The molecule has 0 bridgehead atoms. The van der Waals surface area contributed by atoms with Crippen LogP contribution in [0, 0.1) is 11.6 Å². The molecule has 2 aromatic carbocycles. The fraction of sp³-hybridized carbons (Fsp3) is 0.0667. The Morgan fingerprint density at radius 3 is 2.19 bits per heavy atom. The third kappa shape index (κ3) is 4.30. The molecule has 0 aliphatic heterocycles. The third-order valence-electron chi connectivity index (χ3n) is 3.16. The van der Waals surface area contributed by atoms with Gasteiger partial charge in [-0.15, -0.1) is 0 Å². The molecule has 11 heteroatoms. The van der Waals surface area contributed by atoms with Gasteiger partial charge >= 0.3 is 10.5 Å². The predicted molar refractivity (Wildman–Crippen MR) is 81.1 cm³/mol. The van der Waals surface area contributed by atoms with Crippen molar-refractivity contribution in [2.24, 2.45) is 0 Å². The molecule has 0 unspecified atom stereocenters. The van der Waals surface area contributed by atoms with E-state index in [2.05, 4.69) is 18.8 Å². The van der Waals surface area contributed by atoms with Crippen LogP contribution in [0.4, 0.5) is 12.7 Å². The maximum atomic E-state index is 14.1. The molecule has 0 aliphatic rings. The molecule has 0 N–H and O–H groups in total. The lowest BCUT2D eigenvalue weighted by molar-refractivity contribution is 0.292. The van der Waals surface area contributed by atoms with Crippen molar-refractivity contribution in [3.8, 4) is 22.9 Å². The number of halogens is 3. The number of benzene rings is 2. The highest BCUT2D eigenvalue weighted by Crippen LogP contribution is 2.24. The molecule has 26 heavy (non-hydrogen) atoms. The zero-order chi connectivity index (χ0) is 18.7. The zero-order valence-electron chi connectivity index (χ0n) is 12.7. The van der Waals surface area contributed by atoms with E-state index in [0.29, 0.717) is 0 Å². The number of nitrogens with zero attached hydrogens (tertiary/aromatic N) is 2. The second kappa shape index (κ2) is 7.04. The number of ether oxygens (including phenoxy) is 1. The van der Waals surface area contributed by atoms with E-state index in [1.165, 1.54) is 12.1 Å². The summed E-state index contributed by atoms with van der Waals surface area (Å²) in [7, 11) is -5.14. The minimum Gasteiger partial charge on any atom is -0.489 e. The van der Waals surface area contributed by atoms with Crippen LogP contribution in [0.25, 0.3) is 11.4 Å². The molecule has 7 nitrogen and oxygen atoms in total. The lowest BCUT2D eigenvalue weighted by Gasteiger charge is -2.09. The summed E-state index contributed by atoms with van der Waals surface area (Å²) in [6.07, 6.45) is 1.03. The summed E-state index contributed by atoms with van der Waals surface area (Å²) >= 11 is 0. The van der Waals surface area contributed by atoms with Gasteiger partial charge in [-0.2, -0.15) is 13.4 Å². The monoisotopic (exact) mass is 386 g/mol. The van der Waals surface area contributed by atoms with Crippen molar-refractivity contribution < 1.29 is 34.5 Å². The highest BCUT2D eigenvalue weighted by molar-refractivity contribution is 7.81. The summed E-state index contributed by atoms with van der Waals surface area (Å²) in [6.45, 7) is -0.439. The Morgan fingerprint density at radius 1 is 1.04 bits per heavy atom. The van der Waals surface area contributed by atoms with Crippen molar-refractivity contribution in [2.45, 2.75) is 6.61 Å². The van der Waals surface area contributed by atoms with E-state index in [-0.39, 0.29) is 28.5 Å². The van der Waals surface area contributed by atoms with E-state index in [4.69, 9.17) is 4.74 Å². The van der Waals surface area contributed by atoms with E-state index in [0.717, 1.165) is 30.7 Å². The minimum atomic E-state index is -5.14. The Bertz CT molecular complexity index is 985. The number of hydrogen-bond acceptors (Lipinski definition) is 7. The molecule has 0 fully saturated rings. The topological polar surface area (TPSA) is 91.5 Å². The Kier molecular flexibility index (Phi) is 4.80. The van der Waals surface area contributed by atoms with E-state index in [1.807, 2.05) is 0 Å². The molecule has 3 rings (SSSR count). The summed E-state index contributed by atoms with van der Waals surface area (Å²) in [4.78, 5) is 3.70. The van der Waals surface area contributed by atoms with Crippen LogP contribution in [0.15, 0.2) is 47.3 Å². The van der Waals surface area contributed by atoms with E-state index in [9.17, 15) is 21.1 Å². The predicted octanol–water partition coefficient (Wildman–Crippen LogP) is 3.19. The smallest absolute Gasteiger partial charge is 0.488 e. The SMILES string of the molecule is O=S(=O)(F)Oc1ccc(OCc2c(F)cc(-c3ncon3)cc2F)cc1. The lowest BCUT2D eigenvalue weighted by Crippen LogP contribution is -2.03. The van der Waals surface area contributed by atoms with Crippen LogP contribution in [0.2, 0.25) is 0 Å². The Labute approximate surface area is 145 Å². The molecule has 0 spiro atoms. The molecule has 0 radical (unpaired) electrons. The molecule has 0 saturated carbocycles. The summed E-state index contributed by atoms with van der Waals surface area (Å²) in [5.74, 6) is -1.81. The molecular weight excluding hydrogens is 377 g/mol. The second-order valence-corrected chi connectivity index (χ2v) is 5.86. The lowest BCUT2D eigenvalue weighted by atomic mass is 10.1. The summed E-state index contributed by atoms with van der Waals surface area (Å²) in [5, 5.41) is 3.49. The number of hydrogen-bond donors (Lipinski definition) is 0. The zero-order valence-corrected chi connectivity index (χ0v) is 13.5. The maximum absolute atomic E-state index is 14.1. The first-order chi connectivity index (χ1) is 12.3. The van der Waals surface area contributed by atoms with Gasteiger partial charge in [0.05, 0.1) is 5.56 Å². The van der Waals surface area contributed by atoms with Gasteiger partial charge in [-0.05, 0) is 36.4 Å². The normalized spacial score (nSPS) is 11.3. The highest BCUT2D eigenvalue weighted by Gasteiger charge is 2.15. The minimum absolute atomic E-state index is 0.0358. The van der Waals surface area contributed by atoms with Crippen molar-refractivity contribution >= 4 is 10.5 Å². The van der Waals surface area contributed by atoms with Crippen LogP contribution in [-0.4, -0.2) is 18.6 Å². The molecule has 1 aromatic heterocycles. The van der Waals surface area contributed by atoms with Crippen LogP contribution in [-0.2, 0) is 17.1 Å². The molecule has 0 saturated heterocycles. The Balaban J connectivity index is 1.72. The van der Waals surface area contributed by atoms with Gasteiger partial charge in [0, 0.05) is 5.56 Å². The molecule has 1 heterocycles. The number of aromatic nitrogens is 2. The Hall–Kier alpha value is -3.08. The molecule has 0 amide bonds. The van der Waals surface area contributed by atoms with Gasteiger partial charge in [-0.1, -0.05) is 9.04 Å². The fourth-order valence-corrected chi connectivity index (χ4v) is 2.37. The molecule has 0 atom stereocenters. The summed E-state index contributed by atoms with van der Waals surface area (Å²) < 4.78 is 75.1. The first kappa shape index (κ1) is 17.7. The standard InChI is InChI=1S/C15H9F3N2O5S/c16-13-5-9(15-19-8-24-20-15)6-14(17)12(13)7-23-10-1-3-11(4-2-10)25-26(18,21)22/h1-6,8H,7H2. The molecular formula is C15H9F3N2O5S. The second-order valence-electron chi connectivity index (χ2n) is 4.91. The quantitative estimate of drug-likeness (QED) is 0.601. The van der Waals surface area contributed by atoms with Gasteiger partial charge in [0.2, 0.25) is 12.2 Å². The van der Waals surface area contributed by atoms with Gasteiger partial charge in [-0.3, -0.25) is 0 Å². The van der Waals surface area contributed by atoms with Crippen LogP contribution < -0.4 is 8.92 Å². The van der Waals surface area contributed by atoms with Crippen molar-refractivity contribution in [3.05, 3.63) is 60.0 Å². The summed E-state index contributed by atoms with van der Waals surface area (Å²) in [5.41, 5.74) is -0.227. The van der Waals surface area contributed by atoms with Crippen molar-refractivity contribution in [2.75, 3.05) is 0 Å². The van der Waals surface area contributed by atoms with Gasteiger partial charge in [0.1, 0.15) is 29.7 Å². The average molecular weight is 386 g/mol. The molecule has 3 aromatic rings. The van der Waals surface area contributed by atoms with Crippen LogP contribution in [0.1, 0.15) is 5.56 Å². The van der Waals surface area contributed by atoms with Gasteiger partial charge < -0.3 is 13.4 Å². The van der Waals surface area contributed by atoms with E-state index in [1.54, 1.807) is 0 Å². The van der Waals surface area contributed by atoms with Crippen LogP contribution in [0.5, 0.6) is 11.5 Å². The van der Waals surface area contributed by atoms with Crippen molar-refractivity contribution in [3.63, 3.8) is 0 Å². The van der Waals surface area contributed by atoms with Crippen LogP contribution >= 0.6 is 0 Å². The first-order valence-corrected chi connectivity index (χ1v) is 8.24. The van der Waals surface area contributed by atoms with Crippen molar-refractivity contribution in [1.82, 2.24) is 10.1 Å². The largest absolute Gasteiger partial charge is 0.489 e. The Morgan fingerprint density at radius 2 is 1.65 bits per heavy atom. The van der Waals surface area contributed by atoms with Gasteiger partial charge in [0.15, 0.2) is 0 Å². The van der Waals surface area contributed by atoms with Gasteiger partial charge in [0.25, 0.3) is 0 Å². The van der Waals surface area contributed by atoms with Gasteiger partial charge in [-0.25, -0.2) is 8.78 Å². The number of rotatable bonds is 6. The third-order valence-corrected chi connectivity index (χ3v) is 3.55. The highest BCUT2D eigenvalue weighted by atomic mass is 32.3. The van der Waals surface area contributed by atoms with E-state index < -0.39 is 28.7 Å². The maximum Gasteiger partial charge on any atom is 0.488 e. The summed E-state index contributed by atoms with van der Waals surface area (Å²) in [6, 6.07) is 6.83. The molecule has 0 aliphatic carbocycles. The first-order valence-electron chi connectivity index (χ1n) is 6.93. The molecule has 136 valence electrons. The average Bonchev–Trinajstić information content (AvgIpc) is 3.08.